The molecule has 17 heavy (non-hydrogen) atoms. The van der Waals surface area contributed by atoms with Gasteiger partial charge in [-0.1, -0.05) is 0 Å². The summed E-state index contributed by atoms with van der Waals surface area (Å²) in [7, 11) is 3.87. The molecule has 0 aliphatic rings. The second-order valence-electron chi connectivity index (χ2n) is 5.31. The van der Waals surface area contributed by atoms with Crippen molar-refractivity contribution in [3.05, 3.63) is 0 Å². The number of carbonyl (C=O) groups excluding carboxylic acids is 2. The van der Waals surface area contributed by atoms with Crippen LogP contribution in [-0.4, -0.2) is 49.9 Å². The van der Waals surface area contributed by atoms with Gasteiger partial charge in [0.25, 0.3) is 0 Å². The zero-order valence-electron chi connectivity index (χ0n) is 11.8. The summed E-state index contributed by atoms with van der Waals surface area (Å²) in [5.74, 6) is -0.479. The molecular weight excluding hydrogens is 218 g/mol. The highest BCUT2D eigenvalue weighted by atomic mass is 16.2. The maximum absolute atomic E-state index is 11.9. The number of hydrogen-bond donors (Lipinski definition) is 2. The van der Waals surface area contributed by atoms with E-state index in [1.807, 2.05) is 32.8 Å². The van der Waals surface area contributed by atoms with Crippen molar-refractivity contribution >= 4 is 11.8 Å². The van der Waals surface area contributed by atoms with Crippen molar-refractivity contribution in [2.24, 2.45) is 5.41 Å². The Hall–Kier alpha value is -1.10. The molecule has 0 fully saturated rings. The molecule has 100 valence electrons. The van der Waals surface area contributed by atoms with Crippen LogP contribution in [0.4, 0.5) is 0 Å². The van der Waals surface area contributed by atoms with Crippen LogP contribution < -0.4 is 10.6 Å². The molecule has 0 bridgehead atoms. The van der Waals surface area contributed by atoms with Crippen LogP contribution in [0, 0.1) is 5.41 Å². The van der Waals surface area contributed by atoms with Crippen LogP contribution in [0.5, 0.6) is 0 Å². The Morgan fingerprint density at radius 3 is 2.12 bits per heavy atom. The molecule has 0 spiro atoms. The highest BCUT2D eigenvalue weighted by Gasteiger charge is 2.35. The van der Waals surface area contributed by atoms with E-state index in [0.717, 1.165) is 6.54 Å². The van der Waals surface area contributed by atoms with Gasteiger partial charge in [-0.3, -0.25) is 9.59 Å². The Bertz CT molecular complexity index is 273. The van der Waals surface area contributed by atoms with E-state index in [-0.39, 0.29) is 17.9 Å². The Balaban J connectivity index is 4.29. The standard InChI is InChI=1S/C12H25N3O2/c1-9(2)14-11(17)12(3,4)10(16)13-7-8-15(5)6/h9H,7-8H2,1-6H3,(H,13,16)(H,14,17). The van der Waals surface area contributed by atoms with Crippen molar-refractivity contribution < 1.29 is 9.59 Å². The molecule has 0 aromatic rings. The van der Waals surface area contributed by atoms with Crippen LogP contribution >= 0.6 is 0 Å². The first-order valence-electron chi connectivity index (χ1n) is 5.92. The molecule has 0 aromatic carbocycles. The molecule has 5 nitrogen and oxygen atoms in total. The van der Waals surface area contributed by atoms with Crippen LogP contribution in [0.1, 0.15) is 27.7 Å². The molecule has 5 heteroatoms. The van der Waals surface area contributed by atoms with Crippen molar-refractivity contribution in [1.29, 1.82) is 0 Å². The lowest BCUT2D eigenvalue weighted by atomic mass is 9.90. The molecule has 0 unspecified atom stereocenters. The molecule has 0 aromatic heterocycles. The van der Waals surface area contributed by atoms with Gasteiger partial charge in [-0.25, -0.2) is 0 Å². The number of carbonyl (C=O) groups is 2. The van der Waals surface area contributed by atoms with E-state index >= 15 is 0 Å². The Morgan fingerprint density at radius 2 is 1.71 bits per heavy atom. The van der Waals surface area contributed by atoms with E-state index in [9.17, 15) is 9.59 Å². The van der Waals surface area contributed by atoms with Gasteiger partial charge in [0.1, 0.15) is 5.41 Å². The maximum Gasteiger partial charge on any atom is 0.235 e. The molecule has 2 amide bonds. The summed E-state index contributed by atoms with van der Waals surface area (Å²) in [5.41, 5.74) is -1.03. The molecule has 0 saturated carbocycles. The fourth-order valence-electron chi connectivity index (χ4n) is 1.16. The number of likely N-dealkylation sites (N-methyl/N-ethyl adjacent to an activating group) is 1. The highest BCUT2D eigenvalue weighted by Crippen LogP contribution is 2.15. The second kappa shape index (κ2) is 6.59. The minimum absolute atomic E-state index is 0.0383. The molecule has 2 N–H and O–H groups in total. The van der Waals surface area contributed by atoms with Crippen molar-refractivity contribution in [2.75, 3.05) is 27.2 Å². The summed E-state index contributed by atoms with van der Waals surface area (Å²) in [6.07, 6.45) is 0. The third-order valence-corrected chi connectivity index (χ3v) is 2.40. The quantitative estimate of drug-likeness (QED) is 0.656. The van der Waals surface area contributed by atoms with Crippen LogP contribution in [0.2, 0.25) is 0 Å². The van der Waals surface area contributed by atoms with E-state index in [4.69, 9.17) is 0 Å². The monoisotopic (exact) mass is 243 g/mol. The predicted molar refractivity (Wildman–Crippen MR) is 68.6 cm³/mol. The maximum atomic E-state index is 11.9. The SMILES string of the molecule is CC(C)NC(=O)C(C)(C)C(=O)NCCN(C)C. The fraction of sp³-hybridized carbons (Fsp3) is 0.833. The molecule has 0 aliphatic heterocycles. The van der Waals surface area contributed by atoms with E-state index in [0.29, 0.717) is 6.54 Å². The highest BCUT2D eigenvalue weighted by molar-refractivity contribution is 6.04. The summed E-state index contributed by atoms with van der Waals surface area (Å²) in [6, 6.07) is 0.0383. The Morgan fingerprint density at radius 1 is 1.18 bits per heavy atom. The third-order valence-electron chi connectivity index (χ3n) is 2.40. The van der Waals surface area contributed by atoms with Crippen molar-refractivity contribution in [1.82, 2.24) is 15.5 Å². The van der Waals surface area contributed by atoms with Gasteiger partial charge in [-0.05, 0) is 41.8 Å². The van der Waals surface area contributed by atoms with Gasteiger partial charge in [0, 0.05) is 19.1 Å². The average Bonchev–Trinajstić information content (AvgIpc) is 2.15. The van der Waals surface area contributed by atoms with Crippen LogP contribution in [0.3, 0.4) is 0 Å². The number of nitrogens with zero attached hydrogens (tertiary/aromatic N) is 1. The lowest BCUT2D eigenvalue weighted by Gasteiger charge is -2.24. The zero-order valence-corrected chi connectivity index (χ0v) is 11.8. The van der Waals surface area contributed by atoms with Crippen molar-refractivity contribution in [2.45, 2.75) is 33.7 Å². The van der Waals surface area contributed by atoms with Gasteiger partial charge in [0.2, 0.25) is 11.8 Å². The molecule has 0 heterocycles. The lowest BCUT2D eigenvalue weighted by Crippen LogP contribution is -2.50. The van der Waals surface area contributed by atoms with Crippen LogP contribution in [-0.2, 0) is 9.59 Å². The van der Waals surface area contributed by atoms with E-state index in [2.05, 4.69) is 10.6 Å². The van der Waals surface area contributed by atoms with Gasteiger partial charge in [-0.2, -0.15) is 0 Å². The minimum Gasteiger partial charge on any atom is -0.354 e. The summed E-state index contributed by atoms with van der Waals surface area (Å²) in [6.45, 7) is 8.32. The minimum atomic E-state index is -1.03. The first-order valence-corrected chi connectivity index (χ1v) is 5.92. The average molecular weight is 243 g/mol. The van der Waals surface area contributed by atoms with Crippen molar-refractivity contribution in [3.63, 3.8) is 0 Å². The predicted octanol–water partition coefficient (Wildman–Crippen LogP) is 0.215. The van der Waals surface area contributed by atoms with E-state index in [1.165, 1.54) is 0 Å². The fourth-order valence-corrected chi connectivity index (χ4v) is 1.16. The molecule has 0 atom stereocenters. The number of amides is 2. The van der Waals surface area contributed by atoms with Crippen LogP contribution in [0.25, 0.3) is 0 Å². The molecular formula is C12H25N3O2. The summed E-state index contributed by atoms with van der Waals surface area (Å²) in [5, 5.41) is 5.52. The number of nitrogens with one attached hydrogen (secondary N) is 2. The molecule has 0 rings (SSSR count). The molecule has 0 saturated heterocycles. The molecule has 0 radical (unpaired) electrons. The molecule has 0 aliphatic carbocycles. The van der Waals surface area contributed by atoms with Crippen molar-refractivity contribution in [3.8, 4) is 0 Å². The van der Waals surface area contributed by atoms with Crippen LogP contribution in [0.15, 0.2) is 0 Å². The largest absolute Gasteiger partial charge is 0.354 e. The Labute approximate surface area is 104 Å². The first-order chi connectivity index (χ1) is 7.67. The summed E-state index contributed by atoms with van der Waals surface area (Å²) < 4.78 is 0. The summed E-state index contributed by atoms with van der Waals surface area (Å²) >= 11 is 0. The number of rotatable bonds is 6. The normalized spacial score (nSPS) is 11.8. The second-order valence-corrected chi connectivity index (χ2v) is 5.31. The van der Waals surface area contributed by atoms with E-state index in [1.54, 1.807) is 13.8 Å². The van der Waals surface area contributed by atoms with Gasteiger partial charge in [-0.15, -0.1) is 0 Å². The van der Waals surface area contributed by atoms with E-state index < -0.39 is 5.41 Å². The topological polar surface area (TPSA) is 61.4 Å². The van der Waals surface area contributed by atoms with Gasteiger partial charge in [0.15, 0.2) is 0 Å². The van der Waals surface area contributed by atoms with Gasteiger partial charge in [0.05, 0.1) is 0 Å². The first kappa shape index (κ1) is 15.9. The van der Waals surface area contributed by atoms with Gasteiger partial charge < -0.3 is 15.5 Å². The lowest BCUT2D eigenvalue weighted by molar-refractivity contribution is -0.141. The third kappa shape index (κ3) is 5.68. The number of hydrogen-bond acceptors (Lipinski definition) is 3. The Kier molecular flexibility index (Phi) is 6.16. The smallest absolute Gasteiger partial charge is 0.235 e. The van der Waals surface area contributed by atoms with Gasteiger partial charge >= 0.3 is 0 Å². The zero-order chi connectivity index (χ0) is 13.6. The summed E-state index contributed by atoms with van der Waals surface area (Å²) in [4.78, 5) is 25.7.